The molecule has 0 saturated carbocycles. The molecule has 5 nitrogen and oxygen atoms in total. The van der Waals surface area contributed by atoms with Gasteiger partial charge in [-0.1, -0.05) is 25.1 Å². The summed E-state index contributed by atoms with van der Waals surface area (Å²) in [5.74, 6) is 1.06. The molecule has 0 aliphatic heterocycles. The van der Waals surface area contributed by atoms with Crippen LogP contribution in [0.1, 0.15) is 34.8 Å². The molecule has 2 aromatic carbocycles. The normalized spacial score (nSPS) is 11.1. The lowest BCUT2D eigenvalue weighted by atomic mass is 10.1. The SMILES string of the molecule is CC/C(=N/NC(=O)c1ccccc1C)c1ccc(OC)c(OC)c1. The molecule has 2 rings (SSSR count). The van der Waals surface area contributed by atoms with Crippen LogP contribution in [0.3, 0.4) is 0 Å². The van der Waals surface area contributed by atoms with Gasteiger partial charge >= 0.3 is 0 Å². The number of rotatable bonds is 6. The van der Waals surface area contributed by atoms with E-state index in [0.717, 1.165) is 16.8 Å². The van der Waals surface area contributed by atoms with Crippen LogP contribution in [-0.4, -0.2) is 25.8 Å². The van der Waals surface area contributed by atoms with Gasteiger partial charge in [0.2, 0.25) is 0 Å². The van der Waals surface area contributed by atoms with E-state index in [9.17, 15) is 4.79 Å². The predicted octanol–water partition coefficient (Wildman–Crippen LogP) is 3.56. The van der Waals surface area contributed by atoms with Gasteiger partial charge in [-0.05, 0) is 43.2 Å². The van der Waals surface area contributed by atoms with Crippen LogP contribution in [0.4, 0.5) is 0 Å². The van der Waals surface area contributed by atoms with Gasteiger partial charge in [-0.25, -0.2) is 5.43 Å². The van der Waals surface area contributed by atoms with Crippen LogP contribution >= 0.6 is 0 Å². The number of carbonyl (C=O) groups excluding carboxylic acids is 1. The molecule has 126 valence electrons. The fraction of sp³-hybridized carbons (Fsp3) is 0.263. The molecule has 24 heavy (non-hydrogen) atoms. The van der Waals surface area contributed by atoms with E-state index in [0.29, 0.717) is 23.5 Å². The molecule has 0 atom stereocenters. The summed E-state index contributed by atoms with van der Waals surface area (Å²) < 4.78 is 10.6. The lowest BCUT2D eigenvalue weighted by molar-refractivity contribution is 0.0954. The summed E-state index contributed by atoms with van der Waals surface area (Å²) >= 11 is 0. The fourth-order valence-electron chi connectivity index (χ4n) is 2.37. The van der Waals surface area contributed by atoms with Crippen molar-refractivity contribution >= 4 is 11.6 Å². The number of benzene rings is 2. The Labute approximate surface area is 142 Å². The van der Waals surface area contributed by atoms with Gasteiger partial charge in [0.25, 0.3) is 5.91 Å². The Hall–Kier alpha value is -2.82. The lowest BCUT2D eigenvalue weighted by Crippen LogP contribution is -2.20. The molecular weight excluding hydrogens is 304 g/mol. The number of hydrazone groups is 1. The maximum Gasteiger partial charge on any atom is 0.271 e. The zero-order chi connectivity index (χ0) is 17.5. The van der Waals surface area contributed by atoms with Crippen LogP contribution in [0.2, 0.25) is 0 Å². The Balaban J connectivity index is 2.23. The van der Waals surface area contributed by atoms with Crippen LogP contribution in [0.25, 0.3) is 0 Å². The highest BCUT2D eigenvalue weighted by Gasteiger charge is 2.10. The third-order valence-corrected chi connectivity index (χ3v) is 3.73. The number of ether oxygens (including phenoxy) is 2. The van der Waals surface area contributed by atoms with Crippen molar-refractivity contribution in [1.29, 1.82) is 0 Å². The fourth-order valence-corrected chi connectivity index (χ4v) is 2.37. The third kappa shape index (κ3) is 3.93. The quantitative estimate of drug-likeness (QED) is 0.652. The first-order chi connectivity index (χ1) is 11.6. The zero-order valence-corrected chi connectivity index (χ0v) is 14.4. The van der Waals surface area contributed by atoms with Crippen LogP contribution in [0, 0.1) is 6.92 Å². The number of amides is 1. The maximum atomic E-state index is 12.3. The monoisotopic (exact) mass is 326 g/mol. The number of hydrogen-bond donors (Lipinski definition) is 1. The molecule has 0 spiro atoms. The number of carbonyl (C=O) groups is 1. The van der Waals surface area contributed by atoms with Gasteiger partial charge in [0.05, 0.1) is 19.9 Å². The third-order valence-electron chi connectivity index (χ3n) is 3.73. The molecule has 1 N–H and O–H groups in total. The van der Waals surface area contributed by atoms with Crippen LogP contribution in [0.15, 0.2) is 47.6 Å². The van der Waals surface area contributed by atoms with E-state index < -0.39 is 0 Å². The van der Waals surface area contributed by atoms with Gasteiger partial charge < -0.3 is 9.47 Å². The first-order valence-corrected chi connectivity index (χ1v) is 7.75. The van der Waals surface area contributed by atoms with Gasteiger partial charge in [0, 0.05) is 11.1 Å². The predicted molar refractivity (Wildman–Crippen MR) is 95.0 cm³/mol. The van der Waals surface area contributed by atoms with E-state index in [-0.39, 0.29) is 5.91 Å². The Morgan fingerprint density at radius 1 is 1.08 bits per heavy atom. The highest BCUT2D eigenvalue weighted by Crippen LogP contribution is 2.28. The smallest absolute Gasteiger partial charge is 0.271 e. The van der Waals surface area contributed by atoms with Crippen molar-refractivity contribution in [2.75, 3.05) is 14.2 Å². The second-order valence-corrected chi connectivity index (χ2v) is 5.24. The van der Waals surface area contributed by atoms with Crippen molar-refractivity contribution in [3.05, 3.63) is 59.2 Å². The number of nitrogens with zero attached hydrogens (tertiary/aromatic N) is 1. The molecule has 0 saturated heterocycles. The van der Waals surface area contributed by atoms with Crippen LogP contribution in [-0.2, 0) is 0 Å². The first-order valence-electron chi connectivity index (χ1n) is 7.75. The van der Waals surface area contributed by atoms with E-state index in [1.807, 2.05) is 50.2 Å². The Morgan fingerprint density at radius 2 is 1.79 bits per heavy atom. The number of methoxy groups -OCH3 is 2. The molecule has 0 bridgehead atoms. The molecule has 0 unspecified atom stereocenters. The van der Waals surface area contributed by atoms with Crippen molar-refractivity contribution in [3.63, 3.8) is 0 Å². The summed E-state index contributed by atoms with van der Waals surface area (Å²) in [5.41, 5.74) is 5.80. The molecule has 0 aliphatic carbocycles. The largest absolute Gasteiger partial charge is 0.493 e. The van der Waals surface area contributed by atoms with Crippen molar-refractivity contribution in [1.82, 2.24) is 5.43 Å². The minimum Gasteiger partial charge on any atom is -0.493 e. The van der Waals surface area contributed by atoms with Crippen molar-refractivity contribution in [3.8, 4) is 11.5 Å². The molecule has 2 aromatic rings. The molecule has 0 fully saturated rings. The van der Waals surface area contributed by atoms with Crippen molar-refractivity contribution < 1.29 is 14.3 Å². The summed E-state index contributed by atoms with van der Waals surface area (Å²) in [6, 6.07) is 13.0. The summed E-state index contributed by atoms with van der Waals surface area (Å²) in [7, 11) is 3.18. The molecule has 0 heterocycles. The molecule has 5 heteroatoms. The number of aryl methyl sites for hydroxylation is 1. The van der Waals surface area contributed by atoms with Crippen LogP contribution < -0.4 is 14.9 Å². The summed E-state index contributed by atoms with van der Waals surface area (Å²) in [5, 5.41) is 4.28. The molecule has 0 radical (unpaired) electrons. The lowest BCUT2D eigenvalue weighted by Gasteiger charge is -2.11. The Kier molecular flexibility index (Phi) is 5.95. The van der Waals surface area contributed by atoms with Gasteiger partial charge in [0.1, 0.15) is 0 Å². The highest BCUT2D eigenvalue weighted by molar-refractivity contribution is 6.02. The van der Waals surface area contributed by atoms with Gasteiger partial charge in [-0.15, -0.1) is 0 Å². The van der Waals surface area contributed by atoms with Gasteiger partial charge in [-0.2, -0.15) is 5.10 Å². The Bertz CT molecular complexity index is 754. The van der Waals surface area contributed by atoms with E-state index in [1.165, 1.54) is 0 Å². The minimum atomic E-state index is -0.223. The van der Waals surface area contributed by atoms with E-state index in [1.54, 1.807) is 20.3 Å². The van der Waals surface area contributed by atoms with Gasteiger partial charge in [0.15, 0.2) is 11.5 Å². The molecule has 0 aliphatic rings. The Morgan fingerprint density at radius 3 is 2.42 bits per heavy atom. The first kappa shape index (κ1) is 17.5. The second kappa shape index (κ2) is 8.15. The molecule has 1 amide bonds. The summed E-state index contributed by atoms with van der Waals surface area (Å²) in [6.45, 7) is 3.88. The average Bonchev–Trinajstić information content (AvgIpc) is 2.62. The van der Waals surface area contributed by atoms with E-state index in [2.05, 4.69) is 10.5 Å². The van der Waals surface area contributed by atoms with E-state index in [4.69, 9.17) is 9.47 Å². The molecular formula is C19H22N2O3. The summed E-state index contributed by atoms with van der Waals surface area (Å²) in [6.07, 6.45) is 0.670. The second-order valence-electron chi connectivity index (χ2n) is 5.24. The van der Waals surface area contributed by atoms with Crippen molar-refractivity contribution in [2.45, 2.75) is 20.3 Å². The van der Waals surface area contributed by atoms with Gasteiger partial charge in [-0.3, -0.25) is 4.79 Å². The maximum absolute atomic E-state index is 12.3. The topological polar surface area (TPSA) is 59.9 Å². The van der Waals surface area contributed by atoms with E-state index >= 15 is 0 Å². The minimum absolute atomic E-state index is 0.223. The molecule has 0 aromatic heterocycles. The highest BCUT2D eigenvalue weighted by atomic mass is 16.5. The summed E-state index contributed by atoms with van der Waals surface area (Å²) in [4.78, 5) is 12.3. The van der Waals surface area contributed by atoms with Crippen LogP contribution in [0.5, 0.6) is 11.5 Å². The number of nitrogens with one attached hydrogen (secondary N) is 1. The van der Waals surface area contributed by atoms with Crippen molar-refractivity contribution in [2.24, 2.45) is 5.10 Å². The number of hydrogen-bond acceptors (Lipinski definition) is 4. The standard InChI is InChI=1S/C19H22N2O3/c1-5-16(14-10-11-17(23-3)18(12-14)24-4)20-21-19(22)15-9-7-6-8-13(15)2/h6-12H,5H2,1-4H3,(H,21,22)/b20-16-. The zero-order valence-electron chi connectivity index (χ0n) is 14.4. The average molecular weight is 326 g/mol.